The van der Waals surface area contributed by atoms with Gasteiger partial charge in [-0.05, 0) is 30.4 Å². The fourth-order valence-corrected chi connectivity index (χ4v) is 3.45. The third kappa shape index (κ3) is 1.48. The smallest absolute Gasteiger partial charge is 0.344 e. The Hall–Kier alpha value is -2.81. The second-order valence-corrected chi connectivity index (χ2v) is 5.77. The number of aromatic amines is 1. The third-order valence-corrected chi connectivity index (χ3v) is 4.47. The second-order valence-electron chi connectivity index (χ2n) is 5.77. The number of nitrogens with one attached hydrogen (secondary N) is 1. The van der Waals surface area contributed by atoms with E-state index in [9.17, 15) is 4.79 Å². The number of fused-ring (bicyclic) bond motifs is 6. The van der Waals surface area contributed by atoms with Gasteiger partial charge in [-0.1, -0.05) is 30.4 Å². The molecule has 2 aromatic heterocycles. The van der Waals surface area contributed by atoms with E-state index in [-0.39, 0.29) is 5.63 Å². The van der Waals surface area contributed by atoms with Crippen LogP contribution in [-0.2, 0) is 0 Å². The predicted molar refractivity (Wildman–Crippen MR) is 89.3 cm³/mol. The molecular formula is C19H13NO2. The zero-order valence-corrected chi connectivity index (χ0v) is 11.8. The number of rotatable bonds is 0. The predicted octanol–water partition coefficient (Wildman–Crippen LogP) is 2.78. The Bertz CT molecular complexity index is 1240. The molecule has 4 aromatic rings. The summed E-state index contributed by atoms with van der Waals surface area (Å²) in [5.41, 5.74) is 1.37. The van der Waals surface area contributed by atoms with Crippen molar-refractivity contribution >= 4 is 44.8 Å². The van der Waals surface area contributed by atoms with Crippen molar-refractivity contribution in [2.75, 3.05) is 0 Å². The van der Waals surface area contributed by atoms with Gasteiger partial charge in [-0.2, -0.15) is 0 Å². The molecule has 2 aromatic carbocycles. The van der Waals surface area contributed by atoms with Crippen molar-refractivity contribution in [3.8, 4) is 0 Å². The molecule has 22 heavy (non-hydrogen) atoms. The van der Waals surface area contributed by atoms with E-state index < -0.39 is 0 Å². The van der Waals surface area contributed by atoms with Crippen molar-refractivity contribution in [2.45, 2.75) is 12.8 Å². The standard InChI is InChI=1S/C19H13NO2/c21-19-13-7-2-1-5-11(13)15-9-14-12-6-3-4-8-16(12)20-17(14)10-18(15)22-19/h1-2,5-10,20H,3-4H2. The molecule has 0 amide bonds. The summed E-state index contributed by atoms with van der Waals surface area (Å²) >= 11 is 0. The van der Waals surface area contributed by atoms with Crippen LogP contribution in [0, 0.1) is 0 Å². The summed E-state index contributed by atoms with van der Waals surface area (Å²) < 4.78 is 5.52. The van der Waals surface area contributed by atoms with Gasteiger partial charge in [0.15, 0.2) is 0 Å². The first-order valence-electron chi connectivity index (χ1n) is 7.49. The SMILES string of the molecule is O=c1oc2cc3[nH]c4c(c3cc2c2ccccc12)=CCCC=4. The highest BCUT2D eigenvalue weighted by molar-refractivity contribution is 6.08. The molecule has 0 spiro atoms. The van der Waals surface area contributed by atoms with Crippen LogP contribution in [0.4, 0.5) is 0 Å². The topological polar surface area (TPSA) is 46.0 Å². The molecule has 0 atom stereocenters. The van der Waals surface area contributed by atoms with Crippen molar-refractivity contribution in [3.63, 3.8) is 0 Å². The zero-order valence-electron chi connectivity index (χ0n) is 11.8. The Morgan fingerprint density at radius 2 is 1.73 bits per heavy atom. The van der Waals surface area contributed by atoms with Crippen LogP contribution < -0.4 is 16.2 Å². The van der Waals surface area contributed by atoms with Crippen LogP contribution in [0.2, 0.25) is 0 Å². The van der Waals surface area contributed by atoms with Gasteiger partial charge in [-0.15, -0.1) is 0 Å². The molecule has 5 rings (SSSR count). The Kier molecular flexibility index (Phi) is 2.20. The van der Waals surface area contributed by atoms with Gasteiger partial charge in [0.25, 0.3) is 0 Å². The highest BCUT2D eigenvalue weighted by Gasteiger charge is 2.10. The lowest BCUT2D eigenvalue weighted by Gasteiger charge is -2.02. The summed E-state index contributed by atoms with van der Waals surface area (Å²) in [6, 6.07) is 11.7. The average Bonchev–Trinajstić information content (AvgIpc) is 2.91. The molecule has 3 nitrogen and oxygen atoms in total. The Labute approximate surface area is 125 Å². The highest BCUT2D eigenvalue weighted by atomic mass is 16.4. The van der Waals surface area contributed by atoms with E-state index in [0.717, 1.165) is 29.1 Å². The maximum Gasteiger partial charge on any atom is 0.344 e. The van der Waals surface area contributed by atoms with Crippen molar-refractivity contribution in [2.24, 2.45) is 0 Å². The van der Waals surface area contributed by atoms with Gasteiger partial charge in [0, 0.05) is 27.4 Å². The molecule has 0 aliphatic heterocycles. The number of H-pyrrole nitrogens is 1. The molecule has 2 heterocycles. The number of hydrogen-bond acceptors (Lipinski definition) is 2. The lowest BCUT2D eigenvalue weighted by atomic mass is 10.0. The lowest BCUT2D eigenvalue weighted by molar-refractivity contribution is 0.570. The molecule has 1 aliphatic rings. The summed E-state index contributed by atoms with van der Waals surface area (Å²) in [6.07, 6.45) is 6.65. The molecule has 1 N–H and O–H groups in total. The molecule has 3 heteroatoms. The number of aromatic nitrogens is 1. The normalized spacial score (nSPS) is 14.0. The lowest BCUT2D eigenvalue weighted by Crippen LogP contribution is -2.24. The van der Waals surface area contributed by atoms with Crippen LogP contribution in [-0.4, -0.2) is 4.98 Å². The average molecular weight is 287 g/mol. The van der Waals surface area contributed by atoms with Crippen LogP contribution in [0.5, 0.6) is 0 Å². The molecule has 106 valence electrons. The summed E-state index contributed by atoms with van der Waals surface area (Å²) in [5.74, 6) is 0. The van der Waals surface area contributed by atoms with Gasteiger partial charge in [-0.25, -0.2) is 4.79 Å². The molecule has 1 aliphatic carbocycles. The quantitative estimate of drug-likeness (QED) is 0.399. The molecule has 0 radical (unpaired) electrons. The van der Waals surface area contributed by atoms with E-state index in [0.29, 0.717) is 11.0 Å². The van der Waals surface area contributed by atoms with Crippen LogP contribution in [0.3, 0.4) is 0 Å². The van der Waals surface area contributed by atoms with Crippen LogP contribution in [0.15, 0.2) is 45.6 Å². The van der Waals surface area contributed by atoms with Gasteiger partial charge < -0.3 is 9.40 Å². The molecule has 0 saturated carbocycles. The van der Waals surface area contributed by atoms with Gasteiger partial charge >= 0.3 is 5.63 Å². The van der Waals surface area contributed by atoms with Crippen molar-refractivity contribution in [1.29, 1.82) is 0 Å². The highest BCUT2D eigenvalue weighted by Crippen LogP contribution is 2.25. The summed E-state index contributed by atoms with van der Waals surface area (Å²) in [6.45, 7) is 0. The Balaban J connectivity index is 2.09. The maximum absolute atomic E-state index is 12.1. The largest absolute Gasteiger partial charge is 0.422 e. The van der Waals surface area contributed by atoms with Crippen molar-refractivity contribution in [1.82, 2.24) is 4.98 Å². The van der Waals surface area contributed by atoms with Crippen LogP contribution >= 0.6 is 0 Å². The number of benzene rings is 2. The summed E-state index contributed by atoms with van der Waals surface area (Å²) in [7, 11) is 0. The van der Waals surface area contributed by atoms with Crippen LogP contribution in [0.1, 0.15) is 12.8 Å². The van der Waals surface area contributed by atoms with E-state index in [1.54, 1.807) is 0 Å². The third-order valence-electron chi connectivity index (χ3n) is 4.47. The van der Waals surface area contributed by atoms with E-state index in [2.05, 4.69) is 23.2 Å². The van der Waals surface area contributed by atoms with Crippen molar-refractivity contribution < 1.29 is 4.42 Å². The van der Waals surface area contributed by atoms with Gasteiger partial charge in [-0.3, -0.25) is 0 Å². The Morgan fingerprint density at radius 1 is 0.909 bits per heavy atom. The summed E-state index contributed by atoms with van der Waals surface area (Å²) in [5, 5.41) is 6.20. The van der Waals surface area contributed by atoms with Gasteiger partial charge in [0.05, 0.1) is 10.9 Å². The van der Waals surface area contributed by atoms with E-state index in [1.165, 1.54) is 16.0 Å². The summed E-state index contributed by atoms with van der Waals surface area (Å²) in [4.78, 5) is 15.6. The van der Waals surface area contributed by atoms with Gasteiger partial charge in [0.1, 0.15) is 5.58 Å². The second kappa shape index (κ2) is 4.10. The van der Waals surface area contributed by atoms with Gasteiger partial charge in [0.2, 0.25) is 0 Å². The zero-order chi connectivity index (χ0) is 14.7. The first kappa shape index (κ1) is 11.8. The maximum atomic E-state index is 12.1. The minimum atomic E-state index is -0.281. The van der Waals surface area contributed by atoms with Crippen molar-refractivity contribution in [3.05, 3.63) is 57.4 Å². The van der Waals surface area contributed by atoms with E-state index in [4.69, 9.17) is 4.42 Å². The minimum absolute atomic E-state index is 0.281. The first-order chi connectivity index (χ1) is 10.8. The molecular weight excluding hydrogens is 274 g/mol. The number of hydrogen-bond donors (Lipinski definition) is 1. The minimum Gasteiger partial charge on any atom is -0.422 e. The fraction of sp³-hybridized carbons (Fsp3) is 0.105. The van der Waals surface area contributed by atoms with E-state index in [1.807, 2.05) is 30.3 Å². The fourth-order valence-electron chi connectivity index (χ4n) is 3.45. The molecule has 0 saturated heterocycles. The molecule has 0 unspecified atom stereocenters. The first-order valence-corrected chi connectivity index (χ1v) is 7.49. The molecule has 0 fully saturated rings. The molecule has 0 bridgehead atoms. The Morgan fingerprint density at radius 3 is 2.64 bits per heavy atom. The monoisotopic (exact) mass is 287 g/mol. The van der Waals surface area contributed by atoms with Crippen LogP contribution in [0.25, 0.3) is 44.8 Å². The van der Waals surface area contributed by atoms with E-state index >= 15 is 0 Å².